The molecule has 0 aromatic heterocycles. The van der Waals surface area contributed by atoms with Gasteiger partial charge in [-0.1, -0.05) is 18.2 Å². The van der Waals surface area contributed by atoms with E-state index in [1.807, 2.05) is 25.1 Å². The fraction of sp³-hybridized carbons (Fsp3) is 0.250. The molecular formula is C16H19NO3. The Morgan fingerprint density at radius 2 is 1.55 bits per heavy atom. The monoisotopic (exact) mass is 273 g/mol. The Labute approximate surface area is 118 Å². The van der Waals surface area contributed by atoms with Crippen LogP contribution in [-0.2, 0) is 0 Å². The highest BCUT2D eigenvalue weighted by Crippen LogP contribution is 2.32. The molecule has 3 N–H and O–H groups in total. The molecule has 1 atom stereocenters. The summed E-state index contributed by atoms with van der Waals surface area (Å²) < 4.78 is 10.4. The highest BCUT2D eigenvalue weighted by Gasteiger charge is 2.14. The topological polar surface area (TPSA) is 64.7 Å². The van der Waals surface area contributed by atoms with Crippen molar-refractivity contribution in [3.8, 4) is 11.5 Å². The van der Waals surface area contributed by atoms with Crippen molar-refractivity contribution in [2.45, 2.75) is 13.0 Å². The van der Waals surface area contributed by atoms with Crippen molar-refractivity contribution < 1.29 is 14.6 Å². The van der Waals surface area contributed by atoms with E-state index in [4.69, 9.17) is 15.2 Å². The Bertz CT molecular complexity index is 611. The van der Waals surface area contributed by atoms with Crippen molar-refractivity contribution in [1.29, 1.82) is 0 Å². The highest BCUT2D eigenvalue weighted by atomic mass is 16.5. The number of anilines is 1. The van der Waals surface area contributed by atoms with Crippen LogP contribution in [0.3, 0.4) is 0 Å². The molecular weight excluding hydrogens is 254 g/mol. The van der Waals surface area contributed by atoms with Crippen molar-refractivity contribution >= 4 is 5.69 Å². The second-order valence-corrected chi connectivity index (χ2v) is 4.63. The normalized spacial score (nSPS) is 12.0. The molecule has 0 amide bonds. The van der Waals surface area contributed by atoms with Crippen LogP contribution in [0, 0.1) is 6.92 Å². The number of rotatable bonds is 4. The minimum absolute atomic E-state index is 0.594. The van der Waals surface area contributed by atoms with E-state index in [1.165, 1.54) is 0 Å². The number of aliphatic hydroxyl groups is 1. The Balaban J connectivity index is 2.37. The molecule has 4 heteroatoms. The first-order chi connectivity index (χ1) is 9.56. The van der Waals surface area contributed by atoms with Gasteiger partial charge in [0.25, 0.3) is 0 Å². The summed E-state index contributed by atoms with van der Waals surface area (Å²) in [4.78, 5) is 0. The van der Waals surface area contributed by atoms with Gasteiger partial charge in [0, 0.05) is 5.69 Å². The summed E-state index contributed by atoms with van der Waals surface area (Å²) in [5, 5.41) is 10.5. The molecule has 0 radical (unpaired) electrons. The molecule has 0 spiro atoms. The van der Waals surface area contributed by atoms with E-state index in [2.05, 4.69) is 0 Å². The van der Waals surface area contributed by atoms with Crippen LogP contribution < -0.4 is 15.2 Å². The molecule has 0 fully saturated rings. The predicted octanol–water partition coefficient (Wildman–Crippen LogP) is 2.68. The van der Waals surface area contributed by atoms with E-state index in [1.54, 1.807) is 32.4 Å². The van der Waals surface area contributed by atoms with Crippen LogP contribution in [0.15, 0.2) is 36.4 Å². The predicted molar refractivity (Wildman–Crippen MR) is 79.2 cm³/mol. The Morgan fingerprint density at radius 3 is 2.15 bits per heavy atom. The number of benzene rings is 2. The first-order valence-corrected chi connectivity index (χ1v) is 6.33. The molecule has 20 heavy (non-hydrogen) atoms. The molecule has 0 saturated carbocycles. The van der Waals surface area contributed by atoms with Gasteiger partial charge in [-0.2, -0.15) is 0 Å². The molecule has 0 aliphatic rings. The number of ether oxygens (including phenoxy) is 2. The zero-order valence-electron chi connectivity index (χ0n) is 11.9. The molecule has 0 bridgehead atoms. The summed E-state index contributed by atoms with van der Waals surface area (Å²) in [6, 6.07) is 10.9. The summed E-state index contributed by atoms with van der Waals surface area (Å²) in [5.74, 6) is 1.23. The molecule has 106 valence electrons. The summed E-state index contributed by atoms with van der Waals surface area (Å²) in [6.45, 7) is 1.92. The van der Waals surface area contributed by atoms with Gasteiger partial charge in [0.05, 0.1) is 14.2 Å². The van der Waals surface area contributed by atoms with Crippen LogP contribution in [0.4, 0.5) is 5.69 Å². The van der Waals surface area contributed by atoms with Gasteiger partial charge < -0.3 is 20.3 Å². The minimum atomic E-state index is -0.728. The Hall–Kier alpha value is -2.20. The largest absolute Gasteiger partial charge is 0.493 e. The molecule has 0 saturated heterocycles. The van der Waals surface area contributed by atoms with Gasteiger partial charge >= 0.3 is 0 Å². The highest BCUT2D eigenvalue weighted by molar-refractivity contribution is 5.50. The zero-order valence-corrected chi connectivity index (χ0v) is 11.9. The molecule has 0 unspecified atom stereocenters. The average Bonchev–Trinajstić information content (AvgIpc) is 2.48. The van der Waals surface area contributed by atoms with Gasteiger partial charge in [-0.05, 0) is 41.8 Å². The standard InChI is InChI=1S/C16H19NO3/c1-10-8-11(4-6-13(10)17)16(18)12-5-7-14(19-2)15(9-12)20-3/h4-9,16,18H,17H2,1-3H3/t16-/m0/s1. The first kappa shape index (κ1) is 14.2. The van der Waals surface area contributed by atoms with Crippen LogP contribution in [0.25, 0.3) is 0 Å². The van der Waals surface area contributed by atoms with Crippen molar-refractivity contribution in [2.75, 3.05) is 20.0 Å². The van der Waals surface area contributed by atoms with Crippen LogP contribution in [0.5, 0.6) is 11.5 Å². The van der Waals surface area contributed by atoms with E-state index in [0.29, 0.717) is 17.2 Å². The number of hydrogen-bond donors (Lipinski definition) is 2. The van der Waals surface area contributed by atoms with Crippen LogP contribution in [0.2, 0.25) is 0 Å². The van der Waals surface area contributed by atoms with Crippen LogP contribution in [0.1, 0.15) is 22.8 Å². The summed E-state index contributed by atoms with van der Waals surface area (Å²) in [5.41, 5.74) is 8.99. The third-order valence-corrected chi connectivity index (χ3v) is 3.33. The maximum atomic E-state index is 10.5. The number of aryl methyl sites for hydroxylation is 1. The third kappa shape index (κ3) is 2.70. The van der Waals surface area contributed by atoms with Gasteiger partial charge in [-0.25, -0.2) is 0 Å². The SMILES string of the molecule is COc1ccc([C@@H](O)c2ccc(N)c(C)c2)cc1OC. The molecule has 0 aliphatic carbocycles. The number of hydrogen-bond acceptors (Lipinski definition) is 4. The number of methoxy groups -OCH3 is 2. The van der Waals surface area contributed by atoms with Crippen LogP contribution in [-0.4, -0.2) is 19.3 Å². The molecule has 2 rings (SSSR count). The summed E-state index contributed by atoms with van der Waals surface area (Å²) in [7, 11) is 3.15. The molecule has 2 aromatic rings. The van der Waals surface area contributed by atoms with Gasteiger partial charge in [0.2, 0.25) is 0 Å². The minimum Gasteiger partial charge on any atom is -0.493 e. The zero-order chi connectivity index (χ0) is 14.7. The average molecular weight is 273 g/mol. The molecule has 2 aromatic carbocycles. The van der Waals surface area contributed by atoms with E-state index >= 15 is 0 Å². The fourth-order valence-electron chi connectivity index (χ4n) is 2.08. The van der Waals surface area contributed by atoms with Crippen molar-refractivity contribution in [1.82, 2.24) is 0 Å². The maximum Gasteiger partial charge on any atom is 0.161 e. The van der Waals surface area contributed by atoms with Gasteiger partial charge in [0.1, 0.15) is 6.10 Å². The second kappa shape index (κ2) is 5.84. The molecule has 4 nitrogen and oxygen atoms in total. The lowest BCUT2D eigenvalue weighted by Gasteiger charge is -2.15. The lowest BCUT2D eigenvalue weighted by Crippen LogP contribution is -2.02. The smallest absolute Gasteiger partial charge is 0.161 e. The Kier molecular flexibility index (Phi) is 4.15. The number of nitrogen functional groups attached to an aromatic ring is 1. The lowest BCUT2D eigenvalue weighted by atomic mass is 9.99. The van der Waals surface area contributed by atoms with Crippen LogP contribution >= 0.6 is 0 Å². The van der Waals surface area contributed by atoms with Gasteiger partial charge in [-0.3, -0.25) is 0 Å². The van der Waals surface area contributed by atoms with E-state index < -0.39 is 6.10 Å². The third-order valence-electron chi connectivity index (χ3n) is 3.33. The maximum absolute atomic E-state index is 10.5. The van der Waals surface area contributed by atoms with Crippen molar-refractivity contribution in [2.24, 2.45) is 0 Å². The van der Waals surface area contributed by atoms with Gasteiger partial charge in [0.15, 0.2) is 11.5 Å². The lowest BCUT2D eigenvalue weighted by molar-refractivity contribution is 0.219. The summed E-state index contributed by atoms with van der Waals surface area (Å²) in [6.07, 6.45) is -0.728. The number of nitrogens with two attached hydrogens (primary N) is 1. The van der Waals surface area contributed by atoms with Crippen molar-refractivity contribution in [3.63, 3.8) is 0 Å². The second-order valence-electron chi connectivity index (χ2n) is 4.63. The molecule has 0 heterocycles. The molecule has 0 aliphatic heterocycles. The van der Waals surface area contributed by atoms with Crippen molar-refractivity contribution in [3.05, 3.63) is 53.1 Å². The van der Waals surface area contributed by atoms with E-state index in [9.17, 15) is 5.11 Å². The summed E-state index contributed by atoms with van der Waals surface area (Å²) >= 11 is 0. The number of aliphatic hydroxyl groups excluding tert-OH is 1. The fourth-order valence-corrected chi connectivity index (χ4v) is 2.08. The van der Waals surface area contributed by atoms with Gasteiger partial charge in [-0.15, -0.1) is 0 Å². The first-order valence-electron chi connectivity index (χ1n) is 6.33. The van der Waals surface area contributed by atoms with E-state index in [0.717, 1.165) is 16.7 Å². The quantitative estimate of drug-likeness (QED) is 0.841. The van der Waals surface area contributed by atoms with E-state index in [-0.39, 0.29) is 0 Å². The Morgan fingerprint density at radius 1 is 0.950 bits per heavy atom.